The lowest BCUT2D eigenvalue weighted by Gasteiger charge is -2.25. The van der Waals surface area contributed by atoms with Crippen LogP contribution in [0.5, 0.6) is 0 Å². The van der Waals surface area contributed by atoms with E-state index in [1.807, 2.05) is 66.7 Å². The monoisotopic (exact) mass is 528 g/mol. The van der Waals surface area contributed by atoms with Crippen LogP contribution in [0.25, 0.3) is 55.6 Å². The second kappa shape index (κ2) is 9.54. The minimum absolute atomic E-state index is 0.592. The van der Waals surface area contributed by atoms with Crippen molar-refractivity contribution in [3.05, 3.63) is 146 Å². The van der Waals surface area contributed by atoms with Crippen LogP contribution >= 0.6 is 0 Å². The van der Waals surface area contributed by atoms with E-state index >= 15 is 0 Å². The molecule has 0 aliphatic rings. The van der Waals surface area contributed by atoms with Crippen molar-refractivity contribution in [1.82, 2.24) is 4.98 Å². The van der Waals surface area contributed by atoms with Crippen molar-refractivity contribution in [2.24, 2.45) is 0 Å². The lowest BCUT2D eigenvalue weighted by Crippen LogP contribution is -2.09. The smallest absolute Gasteiger partial charge is 0.227 e. The lowest BCUT2D eigenvalue weighted by molar-refractivity contribution is 0.617. The minimum Gasteiger partial charge on any atom is -0.456 e. The highest BCUT2D eigenvalue weighted by Crippen LogP contribution is 2.43. The number of anilines is 3. The second-order valence-electron chi connectivity index (χ2n) is 10.0. The van der Waals surface area contributed by atoms with E-state index in [4.69, 9.17) is 13.8 Å². The molecule has 0 atom stereocenters. The molecule has 8 rings (SSSR count). The van der Waals surface area contributed by atoms with Gasteiger partial charge in [0.1, 0.15) is 16.7 Å². The van der Waals surface area contributed by atoms with Crippen LogP contribution in [0.3, 0.4) is 0 Å². The van der Waals surface area contributed by atoms with Crippen LogP contribution in [-0.4, -0.2) is 4.98 Å². The summed E-state index contributed by atoms with van der Waals surface area (Å²) in [4.78, 5) is 7.29. The summed E-state index contributed by atoms with van der Waals surface area (Å²) in [6, 6.07) is 49.7. The summed E-state index contributed by atoms with van der Waals surface area (Å²) in [7, 11) is 0. The Morgan fingerprint density at radius 1 is 0.463 bits per heavy atom. The van der Waals surface area contributed by atoms with Gasteiger partial charge in [0.2, 0.25) is 5.89 Å². The Hall–Kier alpha value is -5.61. The Bertz CT molecular complexity index is 2090. The maximum atomic E-state index is 6.32. The van der Waals surface area contributed by atoms with Crippen molar-refractivity contribution >= 4 is 50.1 Å². The van der Waals surface area contributed by atoms with Gasteiger partial charge in [-0.15, -0.1) is 0 Å². The number of furan rings is 1. The van der Waals surface area contributed by atoms with E-state index in [0.717, 1.165) is 61.2 Å². The highest BCUT2D eigenvalue weighted by molar-refractivity contribution is 6.19. The third kappa shape index (κ3) is 3.97. The van der Waals surface area contributed by atoms with Crippen molar-refractivity contribution in [1.29, 1.82) is 0 Å². The summed E-state index contributed by atoms with van der Waals surface area (Å²) in [5.74, 6) is 0.592. The number of rotatable bonds is 5. The number of oxazole rings is 1. The molecule has 4 heteroatoms. The van der Waals surface area contributed by atoms with Gasteiger partial charge in [0.15, 0.2) is 5.58 Å². The lowest BCUT2D eigenvalue weighted by atomic mass is 9.97. The SMILES string of the molecule is c1ccc(-c2nc3c(-c4ccc(N(c5ccccc5)c5ccccc5)cc4)c4c(cc3o2)oc2ccccc24)cc1. The van der Waals surface area contributed by atoms with Gasteiger partial charge in [-0.3, -0.25) is 0 Å². The van der Waals surface area contributed by atoms with Crippen LogP contribution in [0.2, 0.25) is 0 Å². The van der Waals surface area contributed by atoms with Crippen molar-refractivity contribution in [2.45, 2.75) is 0 Å². The molecule has 0 saturated carbocycles. The third-order valence-electron chi connectivity index (χ3n) is 7.49. The Morgan fingerprint density at radius 3 is 1.73 bits per heavy atom. The predicted molar refractivity (Wildman–Crippen MR) is 167 cm³/mol. The van der Waals surface area contributed by atoms with E-state index in [-0.39, 0.29) is 0 Å². The van der Waals surface area contributed by atoms with Gasteiger partial charge >= 0.3 is 0 Å². The van der Waals surface area contributed by atoms with E-state index in [0.29, 0.717) is 11.5 Å². The molecule has 8 aromatic rings. The molecule has 2 aromatic heterocycles. The zero-order valence-electron chi connectivity index (χ0n) is 22.1. The first-order valence-corrected chi connectivity index (χ1v) is 13.6. The quantitative estimate of drug-likeness (QED) is 0.223. The number of para-hydroxylation sites is 3. The molecule has 0 saturated heterocycles. The molecule has 194 valence electrons. The predicted octanol–water partition coefficient (Wildman–Crippen LogP) is 10.5. The molecule has 2 heterocycles. The van der Waals surface area contributed by atoms with Crippen molar-refractivity contribution in [3.63, 3.8) is 0 Å². The second-order valence-corrected chi connectivity index (χ2v) is 10.0. The summed E-state index contributed by atoms with van der Waals surface area (Å²) in [5, 5.41) is 2.10. The number of hydrogen-bond donors (Lipinski definition) is 0. The Balaban J connectivity index is 1.34. The molecule has 0 aliphatic carbocycles. The molecule has 0 bridgehead atoms. The molecule has 0 fully saturated rings. The van der Waals surface area contributed by atoms with Gasteiger partial charge in [-0.2, -0.15) is 0 Å². The van der Waals surface area contributed by atoms with E-state index in [1.165, 1.54) is 0 Å². The summed E-state index contributed by atoms with van der Waals surface area (Å²) < 4.78 is 12.6. The Kier molecular flexibility index (Phi) is 5.42. The molecule has 0 unspecified atom stereocenters. The first-order valence-electron chi connectivity index (χ1n) is 13.6. The molecule has 4 nitrogen and oxygen atoms in total. The fraction of sp³-hybridized carbons (Fsp3) is 0. The minimum atomic E-state index is 0.592. The average Bonchev–Trinajstić information content (AvgIpc) is 3.63. The van der Waals surface area contributed by atoms with Gasteiger partial charge in [-0.25, -0.2) is 4.98 Å². The standard InChI is InChI=1S/C37H24N2O2/c1-4-12-26(13-5-1)37-38-36-33(41-37)24-32-35(30-18-10-11-19-31(30)40-32)34(36)25-20-22-29(23-21-25)39(27-14-6-2-7-15-27)28-16-8-3-9-17-28/h1-24H. The number of fused-ring (bicyclic) bond motifs is 4. The molecule has 0 amide bonds. The summed E-state index contributed by atoms with van der Waals surface area (Å²) >= 11 is 0. The number of nitrogens with zero attached hydrogens (tertiary/aromatic N) is 2. The third-order valence-corrected chi connectivity index (χ3v) is 7.49. The van der Waals surface area contributed by atoms with Crippen molar-refractivity contribution in [2.75, 3.05) is 4.90 Å². The first-order chi connectivity index (χ1) is 20.3. The number of aromatic nitrogens is 1. The van der Waals surface area contributed by atoms with Crippen molar-refractivity contribution < 1.29 is 8.83 Å². The molecule has 0 aliphatic heterocycles. The molecular weight excluding hydrogens is 504 g/mol. The summed E-state index contributed by atoms with van der Waals surface area (Å²) in [5.41, 5.74) is 9.39. The van der Waals surface area contributed by atoms with Crippen LogP contribution < -0.4 is 4.90 Å². The van der Waals surface area contributed by atoms with E-state index in [2.05, 4.69) is 83.8 Å². The van der Waals surface area contributed by atoms with Gasteiger partial charge in [-0.1, -0.05) is 84.9 Å². The van der Waals surface area contributed by atoms with E-state index < -0.39 is 0 Å². The zero-order valence-corrected chi connectivity index (χ0v) is 22.1. The highest BCUT2D eigenvalue weighted by Gasteiger charge is 2.21. The fourth-order valence-electron chi connectivity index (χ4n) is 5.63. The zero-order chi connectivity index (χ0) is 27.2. The topological polar surface area (TPSA) is 42.4 Å². The molecule has 0 radical (unpaired) electrons. The van der Waals surface area contributed by atoms with Gasteiger partial charge < -0.3 is 13.7 Å². The van der Waals surface area contributed by atoms with Crippen LogP contribution in [-0.2, 0) is 0 Å². The van der Waals surface area contributed by atoms with E-state index in [1.54, 1.807) is 0 Å². The fourth-order valence-corrected chi connectivity index (χ4v) is 5.63. The maximum Gasteiger partial charge on any atom is 0.227 e. The normalized spacial score (nSPS) is 11.4. The molecule has 0 N–H and O–H groups in total. The largest absolute Gasteiger partial charge is 0.456 e. The average molecular weight is 529 g/mol. The van der Waals surface area contributed by atoms with Gasteiger partial charge in [0.05, 0.1) is 0 Å². The first kappa shape index (κ1) is 23.3. The van der Waals surface area contributed by atoms with E-state index in [9.17, 15) is 0 Å². The number of hydrogen-bond acceptors (Lipinski definition) is 4. The molecule has 41 heavy (non-hydrogen) atoms. The van der Waals surface area contributed by atoms with Crippen LogP contribution in [0.4, 0.5) is 17.1 Å². The highest BCUT2D eigenvalue weighted by atomic mass is 16.4. The van der Waals surface area contributed by atoms with Gasteiger partial charge in [0, 0.05) is 45.0 Å². The Labute approximate surface area is 236 Å². The molecule has 6 aromatic carbocycles. The molecule has 0 spiro atoms. The maximum absolute atomic E-state index is 6.32. The number of benzene rings is 6. The van der Waals surface area contributed by atoms with Crippen LogP contribution in [0.1, 0.15) is 0 Å². The summed E-state index contributed by atoms with van der Waals surface area (Å²) in [6.45, 7) is 0. The summed E-state index contributed by atoms with van der Waals surface area (Å²) in [6.07, 6.45) is 0. The van der Waals surface area contributed by atoms with Crippen LogP contribution in [0.15, 0.2) is 154 Å². The van der Waals surface area contributed by atoms with Crippen LogP contribution in [0, 0.1) is 0 Å². The van der Waals surface area contributed by atoms with Gasteiger partial charge in [0.25, 0.3) is 0 Å². The van der Waals surface area contributed by atoms with Gasteiger partial charge in [-0.05, 0) is 60.2 Å². The Morgan fingerprint density at radius 2 is 1.05 bits per heavy atom. The molecular formula is C37H24N2O2. The van der Waals surface area contributed by atoms with Crippen molar-refractivity contribution in [3.8, 4) is 22.6 Å².